The number of fused-ring (bicyclic) bond motifs is 1. The molecule has 0 atom stereocenters. The summed E-state index contributed by atoms with van der Waals surface area (Å²) >= 11 is 0. The van der Waals surface area contributed by atoms with Gasteiger partial charge in [-0.05, 0) is 44.0 Å². The molecule has 1 aliphatic carbocycles. The molecule has 1 fully saturated rings. The van der Waals surface area contributed by atoms with Gasteiger partial charge in [-0.1, -0.05) is 17.7 Å². The lowest BCUT2D eigenvalue weighted by Crippen LogP contribution is -2.14. The minimum absolute atomic E-state index is 0.175. The van der Waals surface area contributed by atoms with Crippen molar-refractivity contribution in [3.8, 4) is 0 Å². The molecule has 4 heterocycles. The van der Waals surface area contributed by atoms with E-state index in [-0.39, 0.29) is 11.4 Å². The fourth-order valence-corrected chi connectivity index (χ4v) is 5.21. The zero-order valence-electron chi connectivity index (χ0n) is 19.4. The third kappa shape index (κ3) is 4.26. The average Bonchev–Trinajstić information content (AvgIpc) is 3.45. The zero-order chi connectivity index (χ0) is 24.7. The van der Waals surface area contributed by atoms with Gasteiger partial charge in [-0.25, -0.2) is 4.98 Å². The lowest BCUT2D eigenvalue weighted by atomic mass is 10.2. The van der Waals surface area contributed by atoms with E-state index in [9.17, 15) is 8.42 Å². The van der Waals surface area contributed by atoms with Crippen LogP contribution in [0.5, 0.6) is 0 Å². The first-order valence-corrected chi connectivity index (χ1v) is 12.9. The number of nitrogens with one attached hydrogen (secondary N) is 3. The molecule has 1 aliphatic rings. The van der Waals surface area contributed by atoms with Crippen molar-refractivity contribution in [1.29, 1.82) is 0 Å². The molecule has 0 aliphatic heterocycles. The summed E-state index contributed by atoms with van der Waals surface area (Å²) in [6.45, 7) is 2.19. The smallest absolute Gasteiger partial charge is 0.283 e. The van der Waals surface area contributed by atoms with Crippen molar-refractivity contribution in [3.05, 3.63) is 78.0 Å². The first-order chi connectivity index (χ1) is 17.5. The Morgan fingerprint density at radius 2 is 1.86 bits per heavy atom. The molecule has 1 saturated carbocycles. The number of pyridine rings is 1. The van der Waals surface area contributed by atoms with Gasteiger partial charge in [0.25, 0.3) is 10.0 Å². The molecular formula is C24H23N9O2S. The van der Waals surface area contributed by atoms with Crippen molar-refractivity contribution in [3.63, 3.8) is 0 Å². The van der Waals surface area contributed by atoms with Gasteiger partial charge in [0.2, 0.25) is 5.95 Å². The van der Waals surface area contributed by atoms with Gasteiger partial charge in [-0.15, -0.1) is 0 Å². The van der Waals surface area contributed by atoms with Crippen molar-refractivity contribution in [1.82, 2.24) is 34.3 Å². The van der Waals surface area contributed by atoms with E-state index in [1.165, 1.54) is 19.0 Å². The summed E-state index contributed by atoms with van der Waals surface area (Å²) in [6, 6.07) is 12.1. The van der Waals surface area contributed by atoms with Crippen molar-refractivity contribution >= 4 is 38.5 Å². The predicted octanol–water partition coefficient (Wildman–Crippen LogP) is 3.72. The lowest BCUT2D eigenvalue weighted by Gasteiger charge is -2.08. The van der Waals surface area contributed by atoms with Crippen LogP contribution in [0.3, 0.4) is 0 Å². The number of aromatic amines is 1. The molecule has 0 amide bonds. The minimum atomic E-state index is -3.84. The van der Waals surface area contributed by atoms with E-state index in [0.717, 1.165) is 15.3 Å². The van der Waals surface area contributed by atoms with Crippen molar-refractivity contribution < 1.29 is 8.42 Å². The second kappa shape index (κ2) is 8.72. The molecule has 1 aromatic carbocycles. The van der Waals surface area contributed by atoms with Crippen LogP contribution >= 0.6 is 0 Å². The SMILES string of the molecule is Cc1ccc(S(=O)(=O)n2ncc3c(CNc4nccc(Nc5cc(C6CC6)[nH]n5)n4)nccc32)cc1. The van der Waals surface area contributed by atoms with Gasteiger partial charge >= 0.3 is 0 Å². The molecule has 0 radical (unpaired) electrons. The topological polar surface area (TPSA) is 143 Å². The Hall–Kier alpha value is -4.32. The fraction of sp³-hybridized carbons (Fsp3) is 0.208. The quantitative estimate of drug-likeness (QED) is 0.290. The van der Waals surface area contributed by atoms with Crippen LogP contribution in [0.4, 0.5) is 17.6 Å². The van der Waals surface area contributed by atoms with Gasteiger partial charge in [0, 0.05) is 35.5 Å². The molecule has 0 bridgehead atoms. The molecule has 11 nitrogen and oxygen atoms in total. The highest BCUT2D eigenvalue weighted by Crippen LogP contribution is 2.39. The molecule has 5 aromatic rings. The van der Waals surface area contributed by atoms with Crippen LogP contribution in [0.1, 0.15) is 35.7 Å². The van der Waals surface area contributed by atoms with Crippen LogP contribution in [-0.4, -0.2) is 42.8 Å². The summed E-state index contributed by atoms with van der Waals surface area (Å²) in [5.41, 5.74) is 3.18. The predicted molar refractivity (Wildman–Crippen MR) is 134 cm³/mol. The van der Waals surface area contributed by atoms with Crippen LogP contribution in [0.2, 0.25) is 0 Å². The Balaban J connectivity index is 1.21. The largest absolute Gasteiger partial charge is 0.348 e. The summed E-state index contributed by atoms with van der Waals surface area (Å²) < 4.78 is 27.4. The summed E-state index contributed by atoms with van der Waals surface area (Å²) in [5.74, 6) is 2.29. The van der Waals surface area contributed by atoms with E-state index in [1.54, 1.807) is 48.8 Å². The van der Waals surface area contributed by atoms with Crippen molar-refractivity contribution in [2.75, 3.05) is 10.6 Å². The van der Waals surface area contributed by atoms with Crippen LogP contribution in [0, 0.1) is 6.92 Å². The van der Waals surface area contributed by atoms with E-state index in [1.807, 2.05) is 13.0 Å². The van der Waals surface area contributed by atoms with Gasteiger partial charge in [0.1, 0.15) is 5.82 Å². The zero-order valence-corrected chi connectivity index (χ0v) is 20.2. The summed E-state index contributed by atoms with van der Waals surface area (Å²) in [6.07, 6.45) is 7.11. The number of rotatable bonds is 8. The third-order valence-electron chi connectivity index (χ3n) is 6.03. The van der Waals surface area contributed by atoms with Crippen LogP contribution in [0.15, 0.2) is 66.0 Å². The highest BCUT2D eigenvalue weighted by Gasteiger charge is 2.25. The number of aromatic nitrogens is 7. The summed E-state index contributed by atoms with van der Waals surface area (Å²) in [5, 5.41) is 18.5. The molecule has 3 N–H and O–H groups in total. The highest BCUT2D eigenvalue weighted by molar-refractivity contribution is 7.90. The standard InChI is InChI=1S/C24H23N9O2S/c1-15-2-6-17(7-3-15)36(34,35)33-21-8-10-25-20(18(21)13-28-33)14-27-24-26-11-9-22(30-24)29-23-12-19(31-32-23)16-4-5-16/h2-3,6-13,16H,4-5,14H2,1H3,(H3,26,27,29,30,31,32). The van der Waals surface area contributed by atoms with E-state index < -0.39 is 10.0 Å². The molecule has 0 spiro atoms. The van der Waals surface area contributed by atoms with Crippen LogP contribution < -0.4 is 10.6 Å². The van der Waals surface area contributed by atoms with E-state index in [0.29, 0.717) is 40.1 Å². The summed E-state index contributed by atoms with van der Waals surface area (Å²) in [7, 11) is -3.84. The van der Waals surface area contributed by atoms with Crippen LogP contribution in [-0.2, 0) is 16.6 Å². The Kier molecular flexibility index (Phi) is 5.37. The van der Waals surface area contributed by atoms with Crippen molar-refractivity contribution in [2.45, 2.75) is 37.1 Å². The van der Waals surface area contributed by atoms with Crippen molar-refractivity contribution in [2.24, 2.45) is 0 Å². The lowest BCUT2D eigenvalue weighted by molar-refractivity contribution is 0.582. The van der Waals surface area contributed by atoms with Crippen LogP contribution in [0.25, 0.3) is 10.9 Å². The van der Waals surface area contributed by atoms with E-state index in [2.05, 4.69) is 40.9 Å². The molecular weight excluding hydrogens is 478 g/mol. The number of aryl methyl sites for hydroxylation is 1. The minimum Gasteiger partial charge on any atom is -0.348 e. The van der Waals surface area contributed by atoms with Gasteiger partial charge in [-0.2, -0.15) is 27.7 Å². The molecule has 0 unspecified atom stereocenters. The molecule has 6 rings (SSSR count). The second-order valence-corrected chi connectivity index (χ2v) is 10.5. The van der Waals surface area contributed by atoms with Gasteiger partial charge in [0.15, 0.2) is 5.82 Å². The van der Waals surface area contributed by atoms with E-state index in [4.69, 9.17) is 0 Å². The maximum Gasteiger partial charge on any atom is 0.283 e. The molecule has 4 aromatic heterocycles. The molecule has 0 saturated heterocycles. The number of anilines is 3. The molecule has 36 heavy (non-hydrogen) atoms. The van der Waals surface area contributed by atoms with Gasteiger partial charge in [0.05, 0.1) is 28.8 Å². The number of hydrogen-bond donors (Lipinski definition) is 3. The maximum absolute atomic E-state index is 13.2. The Morgan fingerprint density at radius 3 is 2.67 bits per heavy atom. The fourth-order valence-electron chi connectivity index (χ4n) is 3.94. The Morgan fingerprint density at radius 1 is 1.06 bits per heavy atom. The molecule has 12 heteroatoms. The Bertz CT molecular complexity index is 1650. The number of H-pyrrole nitrogens is 1. The number of nitrogens with zero attached hydrogens (tertiary/aromatic N) is 6. The summed E-state index contributed by atoms with van der Waals surface area (Å²) in [4.78, 5) is 13.4. The monoisotopic (exact) mass is 501 g/mol. The highest BCUT2D eigenvalue weighted by atomic mass is 32.2. The molecule has 182 valence electrons. The first kappa shape index (κ1) is 22.2. The van der Waals surface area contributed by atoms with Gasteiger partial charge in [-0.3, -0.25) is 10.1 Å². The number of benzene rings is 1. The average molecular weight is 502 g/mol. The number of hydrogen-bond acceptors (Lipinski definition) is 9. The maximum atomic E-state index is 13.2. The third-order valence-corrected chi connectivity index (χ3v) is 7.65. The second-order valence-electron chi connectivity index (χ2n) is 8.72. The van der Waals surface area contributed by atoms with E-state index >= 15 is 0 Å². The van der Waals surface area contributed by atoms with Gasteiger partial charge < -0.3 is 10.6 Å². The first-order valence-electron chi connectivity index (χ1n) is 11.5. The Labute approximate surface area is 207 Å². The normalized spacial score (nSPS) is 13.7.